The Labute approximate surface area is 109 Å². The summed E-state index contributed by atoms with van der Waals surface area (Å²) in [4.78, 5) is 0. The molecule has 0 fully saturated rings. The van der Waals surface area contributed by atoms with Crippen molar-refractivity contribution in [2.45, 2.75) is 32.4 Å². The highest BCUT2D eigenvalue weighted by Crippen LogP contribution is 2.26. The first-order valence-corrected chi connectivity index (χ1v) is 6.29. The van der Waals surface area contributed by atoms with Crippen molar-refractivity contribution < 1.29 is 14.6 Å². The minimum atomic E-state index is 0.176. The summed E-state index contributed by atoms with van der Waals surface area (Å²) in [5.74, 6) is 0.677. The Morgan fingerprint density at radius 1 is 1.33 bits per heavy atom. The molecule has 4 heteroatoms. The lowest BCUT2D eigenvalue weighted by Crippen LogP contribution is -2.32. The summed E-state index contributed by atoms with van der Waals surface area (Å²) < 4.78 is 10.2. The fourth-order valence-corrected chi connectivity index (χ4v) is 1.90. The van der Waals surface area contributed by atoms with Crippen LogP contribution in [0, 0.1) is 0 Å². The van der Waals surface area contributed by atoms with E-state index < -0.39 is 0 Å². The molecule has 0 aliphatic rings. The van der Waals surface area contributed by atoms with Gasteiger partial charge in [-0.3, -0.25) is 0 Å². The Balaban J connectivity index is 2.53. The molecule has 0 heterocycles. The highest BCUT2D eigenvalue weighted by atomic mass is 16.5. The first-order valence-electron chi connectivity index (χ1n) is 6.29. The molecule has 4 nitrogen and oxygen atoms in total. The quantitative estimate of drug-likeness (QED) is 0.746. The van der Waals surface area contributed by atoms with Gasteiger partial charge in [0, 0.05) is 19.7 Å². The molecule has 1 unspecified atom stereocenters. The van der Waals surface area contributed by atoms with E-state index in [9.17, 15) is 5.11 Å². The summed E-state index contributed by atoms with van der Waals surface area (Å²) in [5.41, 5.74) is 1.03. The van der Waals surface area contributed by atoms with Gasteiger partial charge in [-0.2, -0.15) is 0 Å². The van der Waals surface area contributed by atoms with E-state index in [2.05, 4.69) is 12.2 Å². The van der Waals surface area contributed by atoms with Gasteiger partial charge in [-0.25, -0.2) is 0 Å². The second-order valence-corrected chi connectivity index (χ2v) is 4.33. The SMILES string of the molecule is CCCC(COC)NCc1ccc(OC)c(O)c1. The minimum absolute atomic E-state index is 0.176. The molecule has 0 spiro atoms. The van der Waals surface area contributed by atoms with Crippen molar-refractivity contribution in [2.75, 3.05) is 20.8 Å². The van der Waals surface area contributed by atoms with Crippen LogP contribution in [0.5, 0.6) is 11.5 Å². The number of rotatable bonds is 8. The van der Waals surface area contributed by atoms with Crippen LogP contribution < -0.4 is 10.1 Å². The third-order valence-corrected chi connectivity index (χ3v) is 2.84. The van der Waals surface area contributed by atoms with Crippen LogP contribution in [0.25, 0.3) is 0 Å². The maximum Gasteiger partial charge on any atom is 0.160 e. The zero-order chi connectivity index (χ0) is 13.4. The summed E-state index contributed by atoms with van der Waals surface area (Å²) in [6, 6.07) is 5.80. The van der Waals surface area contributed by atoms with Crippen LogP contribution in [0.3, 0.4) is 0 Å². The molecule has 18 heavy (non-hydrogen) atoms. The van der Waals surface area contributed by atoms with Gasteiger partial charge in [0.2, 0.25) is 0 Å². The number of aromatic hydroxyl groups is 1. The van der Waals surface area contributed by atoms with Gasteiger partial charge in [-0.15, -0.1) is 0 Å². The molecule has 102 valence electrons. The predicted molar refractivity (Wildman–Crippen MR) is 72.1 cm³/mol. The number of hydrogen-bond donors (Lipinski definition) is 2. The highest BCUT2D eigenvalue weighted by molar-refractivity contribution is 5.41. The number of hydrogen-bond acceptors (Lipinski definition) is 4. The molecule has 0 aliphatic heterocycles. The van der Waals surface area contributed by atoms with Gasteiger partial charge in [0.25, 0.3) is 0 Å². The zero-order valence-corrected chi connectivity index (χ0v) is 11.4. The van der Waals surface area contributed by atoms with Gasteiger partial charge in [-0.1, -0.05) is 19.4 Å². The molecule has 0 aliphatic carbocycles. The average molecular weight is 253 g/mol. The van der Waals surface area contributed by atoms with Crippen molar-refractivity contribution in [3.63, 3.8) is 0 Å². The molecule has 1 rings (SSSR count). The summed E-state index contributed by atoms with van der Waals surface area (Å²) in [7, 11) is 3.26. The second kappa shape index (κ2) is 7.95. The zero-order valence-electron chi connectivity index (χ0n) is 11.4. The molecule has 1 aromatic carbocycles. The molecular formula is C14H23NO3. The van der Waals surface area contributed by atoms with E-state index in [4.69, 9.17) is 9.47 Å². The van der Waals surface area contributed by atoms with Gasteiger partial charge in [-0.05, 0) is 24.1 Å². The lowest BCUT2D eigenvalue weighted by molar-refractivity contribution is 0.161. The summed E-state index contributed by atoms with van der Waals surface area (Å²) in [5, 5.41) is 13.1. The first-order chi connectivity index (χ1) is 8.71. The topological polar surface area (TPSA) is 50.7 Å². The Morgan fingerprint density at radius 2 is 2.11 bits per heavy atom. The molecule has 0 aromatic heterocycles. The number of ether oxygens (including phenoxy) is 2. The van der Waals surface area contributed by atoms with E-state index in [0.29, 0.717) is 24.9 Å². The largest absolute Gasteiger partial charge is 0.504 e. The van der Waals surface area contributed by atoms with Crippen LogP contribution in [-0.2, 0) is 11.3 Å². The van der Waals surface area contributed by atoms with Crippen molar-refractivity contribution in [3.8, 4) is 11.5 Å². The summed E-state index contributed by atoms with van der Waals surface area (Å²) in [6.07, 6.45) is 2.20. The van der Waals surface area contributed by atoms with Crippen LogP contribution >= 0.6 is 0 Å². The third-order valence-electron chi connectivity index (χ3n) is 2.84. The van der Waals surface area contributed by atoms with Crippen LogP contribution in [0.15, 0.2) is 18.2 Å². The number of phenols is 1. The highest BCUT2D eigenvalue weighted by Gasteiger charge is 2.07. The monoisotopic (exact) mass is 253 g/mol. The minimum Gasteiger partial charge on any atom is -0.504 e. The molecule has 0 bridgehead atoms. The van der Waals surface area contributed by atoms with Crippen LogP contribution in [0.4, 0.5) is 0 Å². The molecule has 0 amide bonds. The lowest BCUT2D eigenvalue weighted by atomic mass is 10.1. The fourth-order valence-electron chi connectivity index (χ4n) is 1.90. The first kappa shape index (κ1) is 14.8. The average Bonchev–Trinajstić information content (AvgIpc) is 2.36. The van der Waals surface area contributed by atoms with Gasteiger partial charge in [0.05, 0.1) is 13.7 Å². The van der Waals surface area contributed by atoms with Crippen molar-refractivity contribution in [3.05, 3.63) is 23.8 Å². The van der Waals surface area contributed by atoms with E-state index in [1.165, 1.54) is 0 Å². The fraction of sp³-hybridized carbons (Fsp3) is 0.571. The van der Waals surface area contributed by atoms with Crippen LogP contribution in [0.2, 0.25) is 0 Å². The molecule has 2 N–H and O–H groups in total. The number of nitrogens with one attached hydrogen (secondary N) is 1. The second-order valence-electron chi connectivity index (χ2n) is 4.33. The molecular weight excluding hydrogens is 230 g/mol. The normalized spacial score (nSPS) is 12.4. The lowest BCUT2D eigenvalue weighted by Gasteiger charge is -2.17. The van der Waals surface area contributed by atoms with Crippen LogP contribution in [-0.4, -0.2) is 32.0 Å². The molecule has 1 aromatic rings. The van der Waals surface area contributed by atoms with E-state index >= 15 is 0 Å². The predicted octanol–water partition coefficient (Wildman–Crippen LogP) is 2.31. The maximum atomic E-state index is 9.69. The van der Waals surface area contributed by atoms with Gasteiger partial charge in [0.1, 0.15) is 0 Å². The molecule has 0 radical (unpaired) electrons. The number of benzene rings is 1. The summed E-state index contributed by atoms with van der Waals surface area (Å²) >= 11 is 0. The van der Waals surface area contributed by atoms with Crippen molar-refractivity contribution in [2.24, 2.45) is 0 Å². The summed E-state index contributed by atoms with van der Waals surface area (Å²) in [6.45, 7) is 3.57. The van der Waals surface area contributed by atoms with Crippen molar-refractivity contribution >= 4 is 0 Å². The van der Waals surface area contributed by atoms with Crippen molar-refractivity contribution in [1.82, 2.24) is 5.32 Å². The molecule has 1 atom stereocenters. The standard InChI is InChI=1S/C14H23NO3/c1-4-5-12(10-17-2)15-9-11-6-7-14(18-3)13(16)8-11/h6-8,12,15-16H,4-5,9-10H2,1-3H3. The molecule has 0 saturated heterocycles. The maximum absolute atomic E-state index is 9.69. The van der Waals surface area contributed by atoms with Gasteiger partial charge < -0.3 is 19.9 Å². The van der Waals surface area contributed by atoms with Crippen LogP contribution in [0.1, 0.15) is 25.3 Å². The van der Waals surface area contributed by atoms with E-state index in [1.807, 2.05) is 6.07 Å². The van der Waals surface area contributed by atoms with E-state index in [-0.39, 0.29) is 5.75 Å². The van der Waals surface area contributed by atoms with E-state index in [1.54, 1.807) is 26.4 Å². The number of phenolic OH excluding ortho intramolecular Hbond substituents is 1. The van der Waals surface area contributed by atoms with Gasteiger partial charge >= 0.3 is 0 Å². The smallest absolute Gasteiger partial charge is 0.160 e. The van der Waals surface area contributed by atoms with E-state index in [0.717, 1.165) is 18.4 Å². The Kier molecular flexibility index (Phi) is 6.54. The van der Waals surface area contributed by atoms with Crippen molar-refractivity contribution in [1.29, 1.82) is 0 Å². The Bertz CT molecular complexity index is 349. The molecule has 0 saturated carbocycles. The van der Waals surface area contributed by atoms with Gasteiger partial charge in [0.15, 0.2) is 11.5 Å². The Morgan fingerprint density at radius 3 is 2.67 bits per heavy atom. The number of methoxy groups -OCH3 is 2. The Hall–Kier alpha value is -1.26. The third kappa shape index (κ3) is 4.55.